The average molecular weight is 405 g/mol. The molecule has 0 aliphatic heterocycles. The quantitative estimate of drug-likeness (QED) is 0.734. The number of sulfonamides is 1. The van der Waals surface area contributed by atoms with Crippen LogP contribution < -0.4 is 14.4 Å². The molecule has 2 rings (SSSR count). The number of aryl methyl sites for hydroxylation is 2. The summed E-state index contributed by atoms with van der Waals surface area (Å²) in [6.07, 6.45) is 1.76. The second-order valence-electron chi connectivity index (χ2n) is 6.89. The first-order chi connectivity index (χ1) is 13.1. The molecule has 1 N–H and O–H groups in total. The predicted molar refractivity (Wildman–Crippen MR) is 112 cm³/mol. The molecule has 2 aromatic carbocycles. The summed E-state index contributed by atoms with van der Waals surface area (Å²) in [6, 6.07) is 12.1. The van der Waals surface area contributed by atoms with E-state index in [1.165, 1.54) is 4.31 Å². The lowest BCUT2D eigenvalue weighted by Crippen LogP contribution is -2.48. The van der Waals surface area contributed by atoms with Gasteiger partial charge in [-0.15, -0.1) is 0 Å². The van der Waals surface area contributed by atoms with E-state index in [0.29, 0.717) is 18.7 Å². The van der Waals surface area contributed by atoms with E-state index in [-0.39, 0.29) is 5.91 Å². The van der Waals surface area contributed by atoms with Gasteiger partial charge in [0, 0.05) is 6.54 Å². The van der Waals surface area contributed by atoms with Crippen molar-refractivity contribution in [1.82, 2.24) is 5.32 Å². The Hall–Kier alpha value is -2.54. The number of carbonyl (C=O) groups is 1. The molecule has 0 fully saturated rings. The second-order valence-corrected chi connectivity index (χ2v) is 8.75. The molecule has 0 unspecified atom stereocenters. The number of rotatable bonds is 8. The number of ether oxygens (including phenoxy) is 1. The van der Waals surface area contributed by atoms with Crippen LogP contribution in [0, 0.1) is 13.8 Å². The molecule has 0 bridgehead atoms. The SMILES string of the molecule is COc1ccc(CCNC(=O)[C@H](C)N(c2ccc(C)c(C)c2)S(C)(=O)=O)cc1. The van der Waals surface area contributed by atoms with E-state index in [4.69, 9.17) is 4.74 Å². The number of carbonyl (C=O) groups excluding carboxylic acids is 1. The highest BCUT2D eigenvalue weighted by Gasteiger charge is 2.29. The van der Waals surface area contributed by atoms with Crippen LogP contribution in [0.3, 0.4) is 0 Å². The minimum absolute atomic E-state index is 0.336. The summed E-state index contributed by atoms with van der Waals surface area (Å²) in [5.74, 6) is 0.441. The fourth-order valence-corrected chi connectivity index (χ4v) is 4.11. The highest BCUT2D eigenvalue weighted by atomic mass is 32.2. The standard InChI is InChI=1S/C21H28N2O4S/c1-15-6-9-19(14-16(15)2)23(28(5,25)26)17(3)21(24)22-13-12-18-7-10-20(27-4)11-8-18/h6-11,14,17H,12-13H2,1-5H3,(H,22,24)/t17-/m0/s1. The lowest BCUT2D eigenvalue weighted by atomic mass is 10.1. The van der Waals surface area contributed by atoms with Gasteiger partial charge in [-0.25, -0.2) is 8.42 Å². The van der Waals surface area contributed by atoms with E-state index >= 15 is 0 Å². The molecule has 1 amide bonds. The summed E-state index contributed by atoms with van der Waals surface area (Å²) in [5.41, 5.74) is 3.58. The number of benzene rings is 2. The number of amides is 1. The van der Waals surface area contributed by atoms with Crippen LogP contribution in [-0.4, -0.2) is 40.3 Å². The number of nitrogens with one attached hydrogen (secondary N) is 1. The normalized spacial score (nSPS) is 12.3. The van der Waals surface area contributed by atoms with E-state index in [0.717, 1.165) is 28.7 Å². The van der Waals surface area contributed by atoms with Crippen LogP contribution in [0.25, 0.3) is 0 Å². The first-order valence-corrected chi connectivity index (χ1v) is 11.0. The molecule has 0 aliphatic rings. The monoisotopic (exact) mass is 404 g/mol. The molecule has 0 saturated carbocycles. The lowest BCUT2D eigenvalue weighted by molar-refractivity contribution is -0.121. The number of methoxy groups -OCH3 is 1. The van der Waals surface area contributed by atoms with Crippen molar-refractivity contribution < 1.29 is 17.9 Å². The van der Waals surface area contributed by atoms with Crippen molar-refractivity contribution in [3.63, 3.8) is 0 Å². The molecule has 152 valence electrons. The van der Waals surface area contributed by atoms with Crippen LogP contribution in [0.4, 0.5) is 5.69 Å². The van der Waals surface area contributed by atoms with Crippen molar-refractivity contribution in [2.45, 2.75) is 33.2 Å². The van der Waals surface area contributed by atoms with E-state index in [1.54, 1.807) is 26.2 Å². The minimum atomic E-state index is -3.62. The third-order valence-corrected chi connectivity index (χ3v) is 5.95. The Morgan fingerprint density at radius 3 is 2.29 bits per heavy atom. The van der Waals surface area contributed by atoms with Crippen molar-refractivity contribution in [1.29, 1.82) is 0 Å². The zero-order chi connectivity index (χ0) is 20.9. The Labute approximate surface area is 167 Å². The van der Waals surface area contributed by atoms with Gasteiger partial charge in [-0.1, -0.05) is 18.2 Å². The topological polar surface area (TPSA) is 75.7 Å². The number of hydrogen-bond donors (Lipinski definition) is 1. The minimum Gasteiger partial charge on any atom is -0.497 e. The van der Waals surface area contributed by atoms with Crippen LogP contribution in [0.15, 0.2) is 42.5 Å². The van der Waals surface area contributed by atoms with Crippen LogP contribution >= 0.6 is 0 Å². The van der Waals surface area contributed by atoms with Gasteiger partial charge in [-0.3, -0.25) is 9.10 Å². The molecular formula is C21H28N2O4S. The van der Waals surface area contributed by atoms with Gasteiger partial charge in [0.25, 0.3) is 0 Å². The van der Waals surface area contributed by atoms with Crippen molar-refractivity contribution in [3.8, 4) is 5.75 Å². The summed E-state index contributed by atoms with van der Waals surface area (Å²) in [4.78, 5) is 12.6. The summed E-state index contributed by atoms with van der Waals surface area (Å²) >= 11 is 0. The van der Waals surface area contributed by atoms with Gasteiger partial charge in [0.05, 0.1) is 19.1 Å². The molecule has 0 spiro atoms. The fraction of sp³-hybridized carbons (Fsp3) is 0.381. The molecule has 0 aliphatic carbocycles. The molecule has 2 aromatic rings. The van der Waals surface area contributed by atoms with Gasteiger partial charge in [0.1, 0.15) is 11.8 Å². The Morgan fingerprint density at radius 2 is 1.75 bits per heavy atom. The van der Waals surface area contributed by atoms with E-state index in [2.05, 4.69) is 5.32 Å². The predicted octanol–water partition coefficient (Wildman–Crippen LogP) is 2.83. The van der Waals surface area contributed by atoms with E-state index in [1.807, 2.05) is 44.2 Å². The van der Waals surface area contributed by atoms with Gasteiger partial charge in [-0.05, 0) is 68.1 Å². The summed E-state index contributed by atoms with van der Waals surface area (Å²) in [7, 11) is -2.01. The van der Waals surface area contributed by atoms with Crippen molar-refractivity contribution >= 4 is 21.6 Å². The highest BCUT2D eigenvalue weighted by molar-refractivity contribution is 7.92. The zero-order valence-electron chi connectivity index (χ0n) is 17.0. The molecule has 7 heteroatoms. The van der Waals surface area contributed by atoms with Gasteiger partial charge in [-0.2, -0.15) is 0 Å². The number of anilines is 1. The zero-order valence-corrected chi connectivity index (χ0v) is 17.8. The van der Waals surface area contributed by atoms with Gasteiger partial charge in [0.15, 0.2) is 0 Å². The Balaban J connectivity index is 2.07. The van der Waals surface area contributed by atoms with Crippen LogP contribution in [0.5, 0.6) is 5.75 Å². The molecule has 1 atom stereocenters. The van der Waals surface area contributed by atoms with Crippen LogP contribution in [0.1, 0.15) is 23.6 Å². The highest BCUT2D eigenvalue weighted by Crippen LogP contribution is 2.23. The first-order valence-electron chi connectivity index (χ1n) is 9.10. The fourth-order valence-electron chi connectivity index (χ4n) is 2.94. The molecule has 0 aromatic heterocycles. The third kappa shape index (κ3) is 5.48. The lowest BCUT2D eigenvalue weighted by Gasteiger charge is -2.28. The summed E-state index contributed by atoms with van der Waals surface area (Å²) in [6.45, 7) is 5.89. The third-order valence-electron chi connectivity index (χ3n) is 4.71. The van der Waals surface area contributed by atoms with Crippen molar-refractivity contribution in [2.75, 3.05) is 24.2 Å². The number of hydrogen-bond acceptors (Lipinski definition) is 4. The summed E-state index contributed by atoms with van der Waals surface area (Å²) < 4.78 is 31.0. The van der Waals surface area contributed by atoms with E-state index in [9.17, 15) is 13.2 Å². The number of nitrogens with zero attached hydrogens (tertiary/aromatic N) is 1. The second kappa shape index (κ2) is 9.10. The molecule has 28 heavy (non-hydrogen) atoms. The van der Waals surface area contributed by atoms with E-state index < -0.39 is 16.1 Å². The molecule has 0 heterocycles. The molecular weight excluding hydrogens is 376 g/mol. The largest absolute Gasteiger partial charge is 0.497 e. The van der Waals surface area contributed by atoms with Crippen LogP contribution in [0.2, 0.25) is 0 Å². The molecule has 6 nitrogen and oxygen atoms in total. The smallest absolute Gasteiger partial charge is 0.243 e. The van der Waals surface area contributed by atoms with Crippen molar-refractivity contribution in [2.24, 2.45) is 0 Å². The average Bonchev–Trinajstić information content (AvgIpc) is 2.64. The first kappa shape index (κ1) is 21.8. The van der Waals surface area contributed by atoms with Crippen LogP contribution in [-0.2, 0) is 21.2 Å². The van der Waals surface area contributed by atoms with Crippen molar-refractivity contribution in [3.05, 3.63) is 59.2 Å². The maximum atomic E-state index is 12.6. The van der Waals surface area contributed by atoms with Gasteiger partial charge < -0.3 is 10.1 Å². The molecule has 0 radical (unpaired) electrons. The maximum Gasteiger partial charge on any atom is 0.243 e. The van der Waals surface area contributed by atoms with Gasteiger partial charge in [0.2, 0.25) is 15.9 Å². The maximum absolute atomic E-state index is 12.6. The molecule has 0 saturated heterocycles. The Kier molecular flexibility index (Phi) is 7.07. The summed E-state index contributed by atoms with van der Waals surface area (Å²) in [5, 5.41) is 2.83. The van der Waals surface area contributed by atoms with Gasteiger partial charge >= 0.3 is 0 Å². The Bertz CT molecular complexity index is 924. The Morgan fingerprint density at radius 1 is 1.11 bits per heavy atom.